The summed E-state index contributed by atoms with van der Waals surface area (Å²) in [5, 5.41) is 0.193. The SMILES string of the molecule is CC(C)CCn1cnc(C(=O)CS(=O)(=O)c2ccccc2)c1Cl. The summed E-state index contributed by atoms with van der Waals surface area (Å²) in [6.07, 6.45) is 2.37. The highest BCUT2D eigenvalue weighted by Crippen LogP contribution is 2.19. The molecule has 0 saturated heterocycles. The van der Waals surface area contributed by atoms with Crippen LogP contribution in [0.4, 0.5) is 0 Å². The summed E-state index contributed by atoms with van der Waals surface area (Å²) in [5.41, 5.74) is 0.00919. The van der Waals surface area contributed by atoms with E-state index in [1.54, 1.807) is 22.8 Å². The van der Waals surface area contributed by atoms with E-state index in [0.29, 0.717) is 12.5 Å². The molecular formula is C16H19ClN2O3S. The largest absolute Gasteiger partial charge is 0.321 e. The zero-order valence-corrected chi connectivity index (χ0v) is 14.6. The molecule has 0 saturated carbocycles. The van der Waals surface area contributed by atoms with Crippen molar-refractivity contribution in [3.05, 3.63) is 47.5 Å². The Balaban J connectivity index is 2.15. The summed E-state index contributed by atoms with van der Waals surface area (Å²) < 4.78 is 26.2. The number of halogens is 1. The van der Waals surface area contributed by atoms with Gasteiger partial charge < -0.3 is 4.57 Å². The van der Waals surface area contributed by atoms with Gasteiger partial charge >= 0.3 is 0 Å². The average molecular weight is 355 g/mol. The molecule has 0 aliphatic heterocycles. The van der Waals surface area contributed by atoms with Gasteiger partial charge in [-0.2, -0.15) is 0 Å². The molecule has 1 aromatic heterocycles. The molecule has 0 bridgehead atoms. The van der Waals surface area contributed by atoms with E-state index in [2.05, 4.69) is 18.8 Å². The second kappa shape index (κ2) is 7.27. The maximum Gasteiger partial charge on any atom is 0.199 e. The maximum atomic E-state index is 12.3. The lowest BCUT2D eigenvalue weighted by atomic mass is 10.1. The van der Waals surface area contributed by atoms with Crippen molar-refractivity contribution in [1.29, 1.82) is 0 Å². The van der Waals surface area contributed by atoms with Crippen LogP contribution in [0.2, 0.25) is 5.15 Å². The number of hydrogen-bond acceptors (Lipinski definition) is 4. The molecule has 0 atom stereocenters. The third-order valence-electron chi connectivity index (χ3n) is 3.41. The average Bonchev–Trinajstić information content (AvgIpc) is 2.86. The fourth-order valence-corrected chi connectivity index (χ4v) is 3.56. The monoisotopic (exact) mass is 354 g/mol. The van der Waals surface area contributed by atoms with Crippen LogP contribution in [0.25, 0.3) is 0 Å². The van der Waals surface area contributed by atoms with Crippen molar-refractivity contribution < 1.29 is 13.2 Å². The third-order valence-corrected chi connectivity index (χ3v) is 5.44. The first-order valence-corrected chi connectivity index (χ1v) is 9.36. The van der Waals surface area contributed by atoms with Crippen LogP contribution in [0.15, 0.2) is 41.6 Å². The standard InChI is InChI=1S/C16H19ClN2O3S/c1-12(2)8-9-19-11-18-15(16(19)17)14(20)10-23(21,22)13-6-4-3-5-7-13/h3-7,11-12H,8-10H2,1-2H3. The number of rotatable bonds is 7. The van der Waals surface area contributed by atoms with Crippen molar-refractivity contribution in [2.45, 2.75) is 31.7 Å². The Morgan fingerprint density at radius 1 is 1.26 bits per heavy atom. The number of sulfone groups is 1. The number of carbonyl (C=O) groups is 1. The predicted molar refractivity (Wildman–Crippen MR) is 89.5 cm³/mol. The molecule has 2 rings (SSSR count). The Morgan fingerprint density at radius 3 is 2.52 bits per heavy atom. The quantitative estimate of drug-likeness (QED) is 0.716. The van der Waals surface area contributed by atoms with Crippen LogP contribution in [0, 0.1) is 5.92 Å². The summed E-state index contributed by atoms with van der Waals surface area (Å²) in [6.45, 7) is 4.81. The molecular weight excluding hydrogens is 336 g/mol. The molecule has 2 aromatic rings. The molecule has 0 radical (unpaired) electrons. The summed E-state index contributed by atoms with van der Waals surface area (Å²) in [4.78, 5) is 16.4. The van der Waals surface area contributed by atoms with E-state index in [1.807, 2.05) is 0 Å². The van der Waals surface area contributed by atoms with Gasteiger partial charge in [0.15, 0.2) is 15.6 Å². The van der Waals surface area contributed by atoms with Crippen LogP contribution in [0.5, 0.6) is 0 Å². The highest BCUT2D eigenvalue weighted by Gasteiger charge is 2.24. The van der Waals surface area contributed by atoms with Gasteiger partial charge in [0.1, 0.15) is 16.6 Å². The molecule has 7 heteroatoms. The van der Waals surface area contributed by atoms with Crippen molar-refractivity contribution in [2.75, 3.05) is 5.75 Å². The van der Waals surface area contributed by atoms with Crippen LogP contribution in [0.1, 0.15) is 30.8 Å². The molecule has 0 fully saturated rings. The van der Waals surface area contributed by atoms with Crippen molar-refractivity contribution in [1.82, 2.24) is 9.55 Å². The second-order valence-electron chi connectivity index (χ2n) is 5.76. The second-order valence-corrected chi connectivity index (χ2v) is 8.10. The fraction of sp³-hybridized carbons (Fsp3) is 0.375. The molecule has 0 aliphatic rings. The van der Waals surface area contributed by atoms with Crippen LogP contribution in [-0.2, 0) is 16.4 Å². The number of hydrogen-bond donors (Lipinski definition) is 0. The van der Waals surface area contributed by atoms with Crippen LogP contribution in [0.3, 0.4) is 0 Å². The number of aromatic nitrogens is 2. The molecule has 1 aromatic carbocycles. The number of ketones is 1. The van der Waals surface area contributed by atoms with Gasteiger partial charge in [0.05, 0.1) is 11.2 Å². The number of aryl methyl sites for hydroxylation is 1. The van der Waals surface area contributed by atoms with E-state index < -0.39 is 21.4 Å². The first kappa shape index (κ1) is 17.7. The van der Waals surface area contributed by atoms with Crippen molar-refractivity contribution in [3.8, 4) is 0 Å². The summed E-state index contributed by atoms with van der Waals surface area (Å²) in [5.74, 6) is -0.744. The molecule has 5 nitrogen and oxygen atoms in total. The number of Topliss-reactive ketones (excluding diaryl/α,β-unsaturated/α-hetero) is 1. The van der Waals surface area contributed by atoms with Gasteiger partial charge in [-0.15, -0.1) is 0 Å². The topological polar surface area (TPSA) is 69.0 Å². The van der Waals surface area contributed by atoms with Gasteiger partial charge in [0, 0.05) is 6.54 Å². The lowest BCUT2D eigenvalue weighted by molar-refractivity contribution is 0.101. The Labute approximate surface area is 141 Å². The minimum absolute atomic E-state index is 0.00919. The Bertz CT molecular complexity index is 783. The lowest BCUT2D eigenvalue weighted by Gasteiger charge is -2.07. The zero-order valence-electron chi connectivity index (χ0n) is 13.1. The molecule has 1 heterocycles. The van der Waals surface area contributed by atoms with Gasteiger partial charge in [0.2, 0.25) is 0 Å². The van der Waals surface area contributed by atoms with Crippen LogP contribution in [-0.4, -0.2) is 29.5 Å². The Morgan fingerprint density at radius 2 is 1.91 bits per heavy atom. The van der Waals surface area contributed by atoms with E-state index in [1.165, 1.54) is 18.5 Å². The number of nitrogens with zero attached hydrogens (tertiary/aromatic N) is 2. The molecule has 23 heavy (non-hydrogen) atoms. The van der Waals surface area contributed by atoms with Gasteiger partial charge in [-0.25, -0.2) is 13.4 Å². The Hall–Kier alpha value is -1.66. The van der Waals surface area contributed by atoms with Crippen LogP contribution >= 0.6 is 11.6 Å². The zero-order chi connectivity index (χ0) is 17.0. The molecule has 0 spiro atoms. The van der Waals surface area contributed by atoms with E-state index in [0.717, 1.165) is 6.42 Å². The maximum absolute atomic E-state index is 12.3. The van der Waals surface area contributed by atoms with Gasteiger partial charge in [-0.05, 0) is 24.5 Å². The minimum Gasteiger partial charge on any atom is -0.321 e. The van der Waals surface area contributed by atoms with Gasteiger partial charge in [0.25, 0.3) is 0 Å². The van der Waals surface area contributed by atoms with Crippen molar-refractivity contribution in [2.24, 2.45) is 5.92 Å². The Kier molecular flexibility index (Phi) is 5.59. The van der Waals surface area contributed by atoms with E-state index >= 15 is 0 Å². The number of carbonyl (C=O) groups excluding carboxylic acids is 1. The molecule has 0 N–H and O–H groups in total. The lowest BCUT2D eigenvalue weighted by Crippen LogP contribution is -2.17. The summed E-state index contributed by atoms with van der Waals surface area (Å²) in [6, 6.07) is 7.88. The van der Waals surface area contributed by atoms with E-state index in [4.69, 9.17) is 11.6 Å². The number of imidazole rings is 1. The minimum atomic E-state index is -3.70. The van der Waals surface area contributed by atoms with Crippen molar-refractivity contribution >= 4 is 27.2 Å². The normalized spacial score (nSPS) is 11.8. The number of benzene rings is 1. The highest BCUT2D eigenvalue weighted by atomic mass is 35.5. The summed E-state index contributed by atoms with van der Waals surface area (Å²) >= 11 is 6.16. The van der Waals surface area contributed by atoms with E-state index in [-0.39, 0.29) is 15.7 Å². The first-order chi connectivity index (χ1) is 10.8. The third kappa shape index (κ3) is 4.42. The van der Waals surface area contributed by atoms with E-state index in [9.17, 15) is 13.2 Å². The van der Waals surface area contributed by atoms with Gasteiger partial charge in [-0.1, -0.05) is 43.6 Å². The predicted octanol–water partition coefficient (Wildman–Crippen LogP) is 3.24. The van der Waals surface area contributed by atoms with Crippen molar-refractivity contribution in [3.63, 3.8) is 0 Å². The molecule has 0 unspecified atom stereocenters. The summed E-state index contributed by atoms with van der Waals surface area (Å²) in [7, 11) is -3.70. The molecule has 0 amide bonds. The highest BCUT2D eigenvalue weighted by molar-refractivity contribution is 7.92. The fourth-order valence-electron chi connectivity index (χ4n) is 2.06. The smallest absolute Gasteiger partial charge is 0.199 e. The van der Waals surface area contributed by atoms with Gasteiger partial charge in [-0.3, -0.25) is 4.79 Å². The first-order valence-electron chi connectivity index (χ1n) is 7.33. The van der Waals surface area contributed by atoms with Crippen LogP contribution < -0.4 is 0 Å². The molecule has 124 valence electrons. The molecule has 0 aliphatic carbocycles.